The molecule has 39 heavy (non-hydrogen) atoms. The van der Waals surface area contributed by atoms with E-state index in [1.807, 2.05) is 31.9 Å². The van der Waals surface area contributed by atoms with Gasteiger partial charge in [0.2, 0.25) is 0 Å². The van der Waals surface area contributed by atoms with Gasteiger partial charge in [0.25, 0.3) is 0 Å². The topological polar surface area (TPSA) is 60.5 Å². The molecule has 3 aliphatic heterocycles. The average Bonchev–Trinajstić information content (AvgIpc) is 3.51. The number of likely N-dealkylation sites (N-methyl/N-ethyl adjacent to an activating group) is 1. The quantitative estimate of drug-likeness (QED) is 0.209. The molecule has 7 heteroatoms. The van der Waals surface area contributed by atoms with Crippen LogP contribution in [-0.4, -0.2) is 79.0 Å². The van der Waals surface area contributed by atoms with E-state index in [1.165, 1.54) is 63.4 Å². The smallest absolute Gasteiger partial charge is 0.320 e. The van der Waals surface area contributed by atoms with Crippen molar-refractivity contribution in [3.63, 3.8) is 0 Å². The Morgan fingerprint density at radius 1 is 0.872 bits per heavy atom. The highest BCUT2D eigenvalue weighted by molar-refractivity contribution is 5.77. The molecule has 3 aliphatic rings. The van der Waals surface area contributed by atoms with E-state index in [4.69, 9.17) is 18.9 Å². The van der Waals surface area contributed by atoms with Crippen molar-refractivity contribution in [2.24, 2.45) is 0 Å². The molecule has 2 amide bonds. The van der Waals surface area contributed by atoms with Gasteiger partial charge in [-0.3, -0.25) is 0 Å². The maximum atomic E-state index is 13.1. The molecule has 7 nitrogen and oxygen atoms in total. The number of benzene rings is 1. The lowest BCUT2D eigenvalue weighted by atomic mass is 10.0. The van der Waals surface area contributed by atoms with Gasteiger partial charge in [0.1, 0.15) is 18.3 Å². The van der Waals surface area contributed by atoms with Crippen molar-refractivity contribution in [3.8, 4) is 0 Å². The fourth-order valence-electron chi connectivity index (χ4n) is 6.28. The third-order valence-corrected chi connectivity index (χ3v) is 8.35. The highest BCUT2D eigenvalue weighted by Gasteiger charge is 2.59. The first-order chi connectivity index (χ1) is 18.9. The number of hydrogen-bond donors (Lipinski definition) is 0. The van der Waals surface area contributed by atoms with Gasteiger partial charge in [-0.25, -0.2) is 4.79 Å². The summed E-state index contributed by atoms with van der Waals surface area (Å²) < 4.78 is 25.4. The fraction of sp³-hybridized carbons (Fsp3) is 0.781. The first kappa shape index (κ1) is 30.3. The number of ether oxygens (including phenoxy) is 4. The molecule has 4 rings (SSSR count). The summed E-state index contributed by atoms with van der Waals surface area (Å²) in [5, 5.41) is 0. The van der Waals surface area contributed by atoms with Gasteiger partial charge in [0, 0.05) is 26.7 Å². The number of nitrogens with zero attached hydrogens (tertiary/aromatic N) is 2. The van der Waals surface area contributed by atoms with Crippen molar-refractivity contribution in [3.05, 3.63) is 35.9 Å². The molecule has 0 aromatic heterocycles. The lowest BCUT2D eigenvalue weighted by Crippen LogP contribution is -2.48. The fourth-order valence-corrected chi connectivity index (χ4v) is 6.28. The number of urea groups is 1. The van der Waals surface area contributed by atoms with Crippen LogP contribution >= 0.6 is 0 Å². The number of hydrogen-bond acceptors (Lipinski definition) is 5. The van der Waals surface area contributed by atoms with E-state index in [-0.39, 0.29) is 30.4 Å². The molecule has 3 fully saturated rings. The van der Waals surface area contributed by atoms with Gasteiger partial charge in [-0.2, -0.15) is 0 Å². The first-order valence-corrected chi connectivity index (χ1v) is 15.6. The predicted octanol–water partition coefficient (Wildman–Crippen LogP) is 6.54. The molecule has 0 saturated carbocycles. The number of unbranched alkanes of at least 4 members (excludes halogenated alkanes) is 9. The lowest BCUT2D eigenvalue weighted by Gasteiger charge is -2.31. The number of amides is 2. The van der Waals surface area contributed by atoms with E-state index < -0.39 is 12.1 Å². The van der Waals surface area contributed by atoms with Gasteiger partial charge in [-0.05, 0) is 38.7 Å². The van der Waals surface area contributed by atoms with E-state index in [9.17, 15) is 4.79 Å². The Kier molecular flexibility index (Phi) is 11.5. The predicted molar refractivity (Wildman–Crippen MR) is 154 cm³/mol. The SMILES string of the molecule is CCCCCCCCCCCCO[C@H]1O[C@H]([C@@H]2CN(C)C(=O)N2CCCc2ccccc2)[C@@H]2OC(C)(C)O[C@H]12. The molecule has 0 unspecified atom stereocenters. The van der Waals surface area contributed by atoms with Crippen molar-refractivity contribution in [1.82, 2.24) is 9.80 Å². The largest absolute Gasteiger partial charge is 0.350 e. The van der Waals surface area contributed by atoms with Crippen LogP contribution in [0, 0.1) is 0 Å². The van der Waals surface area contributed by atoms with Gasteiger partial charge in [-0.15, -0.1) is 0 Å². The molecule has 220 valence electrons. The van der Waals surface area contributed by atoms with Gasteiger partial charge in [-0.1, -0.05) is 95.0 Å². The zero-order chi connectivity index (χ0) is 27.7. The summed E-state index contributed by atoms with van der Waals surface area (Å²) in [6, 6.07) is 10.4. The zero-order valence-electron chi connectivity index (χ0n) is 24.8. The summed E-state index contributed by atoms with van der Waals surface area (Å²) in [6.45, 7) is 8.13. The molecular formula is C32H52N2O5. The molecule has 0 N–H and O–H groups in total. The van der Waals surface area contributed by atoms with Crippen molar-refractivity contribution < 1.29 is 23.7 Å². The Hall–Kier alpha value is -1.67. The normalized spacial score (nSPS) is 28.0. The van der Waals surface area contributed by atoms with E-state index in [0.717, 1.165) is 19.3 Å². The molecule has 3 saturated heterocycles. The first-order valence-electron chi connectivity index (χ1n) is 15.6. The molecular weight excluding hydrogens is 492 g/mol. The number of carbonyl (C=O) groups is 1. The molecule has 5 atom stereocenters. The van der Waals surface area contributed by atoms with Gasteiger partial charge in [0.05, 0.1) is 6.04 Å². The summed E-state index contributed by atoms with van der Waals surface area (Å²) in [6.07, 6.45) is 13.5. The van der Waals surface area contributed by atoms with Crippen LogP contribution < -0.4 is 0 Å². The third kappa shape index (κ3) is 8.42. The molecule has 0 spiro atoms. The highest BCUT2D eigenvalue weighted by atomic mass is 16.8. The molecule has 0 aliphatic carbocycles. The summed E-state index contributed by atoms with van der Waals surface area (Å²) in [4.78, 5) is 16.9. The minimum atomic E-state index is -0.692. The number of fused-ring (bicyclic) bond motifs is 1. The van der Waals surface area contributed by atoms with Gasteiger partial charge < -0.3 is 28.7 Å². The standard InChI is InChI=1S/C32H52N2O5/c1-5-6-7-8-9-10-11-12-13-17-23-36-30-29-28(38-32(2,3)39-29)27(37-30)26-24-33(4)31(35)34(26)22-18-21-25-19-15-14-16-20-25/h14-16,19-20,26-30H,5-13,17-18,21-24H2,1-4H3/t26-,27+,28-,29-,30-/m0/s1. The summed E-state index contributed by atoms with van der Waals surface area (Å²) in [7, 11) is 1.87. The van der Waals surface area contributed by atoms with Crippen molar-refractivity contribution in [2.75, 3.05) is 26.7 Å². The van der Waals surface area contributed by atoms with Crippen LogP contribution in [-0.2, 0) is 25.4 Å². The highest BCUT2D eigenvalue weighted by Crippen LogP contribution is 2.42. The number of rotatable bonds is 17. The van der Waals surface area contributed by atoms with Crippen molar-refractivity contribution in [2.45, 2.75) is 134 Å². The van der Waals surface area contributed by atoms with Crippen LogP contribution in [0.1, 0.15) is 97.0 Å². The average molecular weight is 545 g/mol. The Labute approximate surface area is 236 Å². The molecule has 3 heterocycles. The molecule has 0 bridgehead atoms. The Balaban J connectivity index is 1.25. The van der Waals surface area contributed by atoms with Crippen LogP contribution in [0.5, 0.6) is 0 Å². The van der Waals surface area contributed by atoms with Crippen LogP contribution in [0.25, 0.3) is 0 Å². The second kappa shape index (κ2) is 14.8. The monoisotopic (exact) mass is 544 g/mol. The summed E-state index contributed by atoms with van der Waals surface area (Å²) in [5.41, 5.74) is 1.29. The van der Waals surface area contributed by atoms with Gasteiger partial charge in [0.15, 0.2) is 12.1 Å². The molecule has 0 radical (unpaired) electrons. The lowest BCUT2D eigenvalue weighted by molar-refractivity contribution is -0.238. The van der Waals surface area contributed by atoms with Crippen molar-refractivity contribution >= 4 is 6.03 Å². The zero-order valence-corrected chi connectivity index (χ0v) is 24.8. The second-order valence-corrected chi connectivity index (χ2v) is 12.1. The van der Waals surface area contributed by atoms with Crippen LogP contribution in [0.3, 0.4) is 0 Å². The van der Waals surface area contributed by atoms with Crippen molar-refractivity contribution in [1.29, 1.82) is 0 Å². The number of carbonyl (C=O) groups excluding carboxylic acids is 1. The molecule has 1 aromatic carbocycles. The van der Waals surface area contributed by atoms with E-state index in [0.29, 0.717) is 19.7 Å². The third-order valence-electron chi connectivity index (χ3n) is 8.35. The maximum absolute atomic E-state index is 13.1. The van der Waals surface area contributed by atoms with E-state index in [2.05, 4.69) is 31.2 Å². The molecule has 1 aromatic rings. The van der Waals surface area contributed by atoms with E-state index >= 15 is 0 Å². The maximum Gasteiger partial charge on any atom is 0.320 e. The minimum absolute atomic E-state index is 0.0566. The minimum Gasteiger partial charge on any atom is -0.350 e. The van der Waals surface area contributed by atoms with Crippen LogP contribution in [0.15, 0.2) is 30.3 Å². The Morgan fingerprint density at radius 2 is 1.51 bits per heavy atom. The second-order valence-electron chi connectivity index (χ2n) is 12.1. The Bertz CT molecular complexity index is 865. The van der Waals surface area contributed by atoms with E-state index in [1.54, 1.807) is 4.90 Å². The Morgan fingerprint density at radius 3 is 2.21 bits per heavy atom. The van der Waals surface area contributed by atoms with Crippen LogP contribution in [0.4, 0.5) is 4.79 Å². The number of aryl methyl sites for hydroxylation is 1. The van der Waals surface area contributed by atoms with Crippen LogP contribution in [0.2, 0.25) is 0 Å². The summed E-state index contributed by atoms with van der Waals surface area (Å²) in [5.74, 6) is -0.692. The van der Waals surface area contributed by atoms with Gasteiger partial charge >= 0.3 is 6.03 Å². The summed E-state index contributed by atoms with van der Waals surface area (Å²) >= 11 is 0.